The highest BCUT2D eigenvalue weighted by Crippen LogP contribution is 2.31. The average molecular weight is 443 g/mol. The summed E-state index contributed by atoms with van der Waals surface area (Å²) in [6.07, 6.45) is 7.76. The van der Waals surface area contributed by atoms with Gasteiger partial charge in [0, 0.05) is 43.1 Å². The van der Waals surface area contributed by atoms with Crippen LogP contribution in [0.15, 0.2) is 41.3 Å². The number of para-hydroxylation sites is 1. The van der Waals surface area contributed by atoms with Crippen LogP contribution in [0.3, 0.4) is 0 Å². The molecule has 2 aromatic heterocycles. The van der Waals surface area contributed by atoms with Gasteiger partial charge >= 0.3 is 0 Å². The van der Waals surface area contributed by atoms with Crippen molar-refractivity contribution in [3.63, 3.8) is 0 Å². The summed E-state index contributed by atoms with van der Waals surface area (Å²) in [6, 6.07) is 9.54. The zero-order valence-electron chi connectivity index (χ0n) is 18.5. The van der Waals surface area contributed by atoms with E-state index in [2.05, 4.69) is 15.0 Å². The number of hydrogen-bond acceptors (Lipinski definition) is 6. The lowest BCUT2D eigenvalue weighted by atomic mass is 9.94. The molecule has 0 radical (unpaired) electrons. The molecule has 1 amide bonds. The van der Waals surface area contributed by atoms with Crippen molar-refractivity contribution in [1.29, 1.82) is 0 Å². The molecule has 8 nitrogen and oxygen atoms in total. The molecule has 168 valence electrons. The van der Waals surface area contributed by atoms with Crippen LogP contribution in [0.1, 0.15) is 36.1 Å². The van der Waals surface area contributed by atoms with Crippen LogP contribution in [-0.2, 0) is 30.6 Å². The second-order valence-electron chi connectivity index (χ2n) is 9.02. The lowest BCUT2D eigenvalue weighted by molar-refractivity contribution is -0.119. The minimum absolute atomic E-state index is 0.0809. The standard InChI is InChI=1S/C25H26N6O2/c32-22-14-18-8-9-20-19(15-26-25(27-20)29-11-4-1-5-12-29)24(18)28-31(22)16-23(33)30-13-10-17-6-2-3-7-21(17)30/h2-3,6-7,14-15H,1,4-5,8-13,16H2. The van der Waals surface area contributed by atoms with E-state index in [-0.39, 0.29) is 18.0 Å². The first-order chi connectivity index (χ1) is 16.2. The number of carbonyl (C=O) groups excluding carboxylic acids is 1. The van der Waals surface area contributed by atoms with E-state index in [1.54, 1.807) is 11.0 Å². The van der Waals surface area contributed by atoms with Crippen LogP contribution in [0.5, 0.6) is 0 Å². The molecule has 6 rings (SSSR count). The summed E-state index contributed by atoms with van der Waals surface area (Å²) in [5.41, 5.74) is 5.29. The number of rotatable bonds is 3. The number of carbonyl (C=O) groups is 1. The highest BCUT2D eigenvalue weighted by Gasteiger charge is 2.27. The first-order valence-electron chi connectivity index (χ1n) is 11.8. The molecule has 0 N–H and O–H groups in total. The fourth-order valence-electron chi connectivity index (χ4n) is 5.16. The molecule has 8 heteroatoms. The molecule has 0 unspecified atom stereocenters. The molecule has 2 aliphatic heterocycles. The summed E-state index contributed by atoms with van der Waals surface area (Å²) >= 11 is 0. The van der Waals surface area contributed by atoms with Crippen molar-refractivity contribution in [2.45, 2.75) is 45.1 Å². The van der Waals surface area contributed by atoms with E-state index in [0.717, 1.165) is 72.1 Å². The summed E-state index contributed by atoms with van der Waals surface area (Å²) in [6.45, 7) is 2.54. The number of hydrogen-bond donors (Lipinski definition) is 0. The largest absolute Gasteiger partial charge is 0.341 e. The van der Waals surface area contributed by atoms with E-state index < -0.39 is 0 Å². The number of anilines is 2. The molecular formula is C25H26N6O2. The third-order valence-corrected chi connectivity index (χ3v) is 6.93. The number of aryl methyl sites for hydroxylation is 2. The zero-order valence-corrected chi connectivity index (χ0v) is 18.5. The maximum absolute atomic E-state index is 13.1. The summed E-state index contributed by atoms with van der Waals surface area (Å²) in [7, 11) is 0. The first-order valence-corrected chi connectivity index (χ1v) is 11.8. The van der Waals surface area contributed by atoms with E-state index >= 15 is 0 Å². The summed E-state index contributed by atoms with van der Waals surface area (Å²) < 4.78 is 1.29. The van der Waals surface area contributed by atoms with E-state index in [1.165, 1.54) is 23.9 Å². The number of piperidine rings is 1. The van der Waals surface area contributed by atoms with Crippen molar-refractivity contribution in [3.05, 3.63) is 63.7 Å². The number of nitrogens with zero attached hydrogens (tertiary/aromatic N) is 6. The number of fused-ring (bicyclic) bond motifs is 4. The number of amides is 1. The molecule has 1 saturated heterocycles. The van der Waals surface area contributed by atoms with Gasteiger partial charge in [0.2, 0.25) is 11.9 Å². The fourth-order valence-corrected chi connectivity index (χ4v) is 5.16. The number of aromatic nitrogens is 4. The Hall–Kier alpha value is -3.55. The van der Waals surface area contributed by atoms with Crippen molar-refractivity contribution in [3.8, 4) is 11.3 Å². The predicted molar refractivity (Wildman–Crippen MR) is 125 cm³/mol. The molecule has 4 heterocycles. The Morgan fingerprint density at radius 2 is 1.82 bits per heavy atom. The maximum atomic E-state index is 13.1. The van der Waals surface area contributed by atoms with Crippen LogP contribution in [-0.4, -0.2) is 45.3 Å². The van der Waals surface area contributed by atoms with Gasteiger partial charge in [0.15, 0.2) is 0 Å². The van der Waals surface area contributed by atoms with E-state index in [4.69, 9.17) is 4.98 Å². The Labute approximate surface area is 191 Å². The van der Waals surface area contributed by atoms with Gasteiger partial charge < -0.3 is 9.80 Å². The highest BCUT2D eigenvalue weighted by molar-refractivity contribution is 5.95. The molecule has 1 fully saturated rings. The van der Waals surface area contributed by atoms with Gasteiger partial charge in [-0.1, -0.05) is 18.2 Å². The van der Waals surface area contributed by atoms with Crippen molar-refractivity contribution >= 4 is 17.5 Å². The van der Waals surface area contributed by atoms with Gasteiger partial charge in [-0.25, -0.2) is 14.6 Å². The van der Waals surface area contributed by atoms with Crippen LogP contribution < -0.4 is 15.4 Å². The fraction of sp³-hybridized carbons (Fsp3) is 0.400. The van der Waals surface area contributed by atoms with E-state index in [0.29, 0.717) is 6.54 Å². The Morgan fingerprint density at radius 1 is 0.970 bits per heavy atom. The Morgan fingerprint density at radius 3 is 2.70 bits per heavy atom. The molecule has 0 spiro atoms. The van der Waals surface area contributed by atoms with Gasteiger partial charge in [0.1, 0.15) is 6.54 Å². The SMILES string of the molecule is O=C(Cn1nc2c(cc1=O)CCc1nc(N3CCCCC3)ncc1-2)N1CCc2ccccc21. The topological polar surface area (TPSA) is 84.2 Å². The maximum Gasteiger partial charge on any atom is 0.267 e. The monoisotopic (exact) mass is 442 g/mol. The van der Waals surface area contributed by atoms with Crippen molar-refractivity contribution in [2.24, 2.45) is 0 Å². The van der Waals surface area contributed by atoms with Gasteiger partial charge in [-0.3, -0.25) is 9.59 Å². The Balaban J connectivity index is 1.29. The van der Waals surface area contributed by atoms with Crippen LogP contribution in [0, 0.1) is 0 Å². The zero-order chi connectivity index (χ0) is 22.4. The smallest absolute Gasteiger partial charge is 0.267 e. The average Bonchev–Trinajstić information content (AvgIpc) is 3.29. The van der Waals surface area contributed by atoms with Crippen LogP contribution in [0.25, 0.3) is 11.3 Å². The quantitative estimate of drug-likeness (QED) is 0.619. The van der Waals surface area contributed by atoms with Crippen molar-refractivity contribution in [2.75, 3.05) is 29.4 Å². The molecule has 33 heavy (non-hydrogen) atoms. The normalized spacial score (nSPS) is 16.8. The van der Waals surface area contributed by atoms with Gasteiger partial charge in [-0.05, 0) is 55.7 Å². The minimum Gasteiger partial charge on any atom is -0.341 e. The molecule has 0 atom stereocenters. The second-order valence-corrected chi connectivity index (χ2v) is 9.02. The molecular weight excluding hydrogens is 416 g/mol. The van der Waals surface area contributed by atoms with Crippen LogP contribution >= 0.6 is 0 Å². The lowest BCUT2D eigenvalue weighted by Crippen LogP contribution is -2.37. The van der Waals surface area contributed by atoms with E-state index in [9.17, 15) is 9.59 Å². The summed E-state index contributed by atoms with van der Waals surface area (Å²) in [4.78, 5) is 39.3. The van der Waals surface area contributed by atoms with Crippen LogP contribution in [0.4, 0.5) is 11.6 Å². The predicted octanol–water partition coefficient (Wildman–Crippen LogP) is 2.38. The van der Waals surface area contributed by atoms with Gasteiger partial charge in [0.25, 0.3) is 5.56 Å². The summed E-state index contributed by atoms with van der Waals surface area (Å²) in [5, 5.41) is 4.63. The second kappa shape index (κ2) is 8.10. The van der Waals surface area contributed by atoms with Gasteiger partial charge in [0.05, 0.1) is 11.4 Å². The molecule has 1 aliphatic carbocycles. The van der Waals surface area contributed by atoms with Crippen molar-refractivity contribution < 1.29 is 4.79 Å². The lowest BCUT2D eigenvalue weighted by Gasteiger charge is -2.28. The van der Waals surface area contributed by atoms with Crippen LogP contribution in [0.2, 0.25) is 0 Å². The third kappa shape index (κ3) is 3.59. The molecule has 3 aromatic rings. The van der Waals surface area contributed by atoms with Gasteiger partial charge in [-0.2, -0.15) is 5.10 Å². The Bertz CT molecular complexity index is 1290. The molecule has 0 bridgehead atoms. The third-order valence-electron chi connectivity index (χ3n) is 6.93. The highest BCUT2D eigenvalue weighted by atomic mass is 16.2. The first kappa shape index (κ1) is 20.1. The van der Waals surface area contributed by atoms with Gasteiger partial charge in [-0.15, -0.1) is 0 Å². The summed E-state index contributed by atoms with van der Waals surface area (Å²) in [5.74, 6) is 0.662. The molecule has 1 aromatic carbocycles. The molecule has 0 saturated carbocycles. The van der Waals surface area contributed by atoms with E-state index in [1.807, 2.05) is 30.5 Å². The Kier molecular flexibility index (Phi) is 4.93. The minimum atomic E-state index is -0.246. The number of benzene rings is 1. The molecule has 3 aliphatic rings. The van der Waals surface area contributed by atoms with Crippen molar-refractivity contribution in [1.82, 2.24) is 19.7 Å².